The van der Waals surface area contributed by atoms with Crippen LogP contribution in [0.15, 0.2) is 53.9 Å². The Hall–Kier alpha value is -4.08. The summed E-state index contributed by atoms with van der Waals surface area (Å²) in [6.07, 6.45) is 10.6. The van der Waals surface area contributed by atoms with E-state index in [1.54, 1.807) is 35.5 Å². The number of likely N-dealkylation sites (tertiary alicyclic amines) is 1. The van der Waals surface area contributed by atoms with Gasteiger partial charge in [0.05, 0.1) is 11.9 Å². The lowest BCUT2D eigenvalue weighted by Crippen LogP contribution is -2.46. The number of alkyl halides is 2. The van der Waals surface area contributed by atoms with Crippen LogP contribution in [-0.2, 0) is 11.3 Å². The summed E-state index contributed by atoms with van der Waals surface area (Å²) in [4.78, 5) is 35.9. The van der Waals surface area contributed by atoms with Crippen LogP contribution in [0.2, 0.25) is 0 Å². The zero-order chi connectivity index (χ0) is 31.2. The summed E-state index contributed by atoms with van der Waals surface area (Å²) in [5.74, 6) is -0.763. The minimum atomic E-state index is -3.07. The molecule has 1 fully saturated rings. The summed E-state index contributed by atoms with van der Waals surface area (Å²) >= 11 is 1.41. The highest BCUT2D eigenvalue weighted by atomic mass is 32.2. The van der Waals surface area contributed by atoms with Gasteiger partial charge in [-0.1, -0.05) is 0 Å². The van der Waals surface area contributed by atoms with Crippen molar-refractivity contribution in [2.45, 2.75) is 43.4 Å². The number of thioether (sulfide) groups is 1. The van der Waals surface area contributed by atoms with Crippen molar-refractivity contribution in [2.75, 3.05) is 44.8 Å². The molecule has 1 aromatic carbocycles. The van der Waals surface area contributed by atoms with Gasteiger partial charge >= 0.3 is 6.61 Å². The second kappa shape index (κ2) is 14.1. The predicted octanol–water partition coefficient (Wildman–Crippen LogP) is 3.44. The van der Waals surface area contributed by atoms with E-state index < -0.39 is 12.5 Å². The van der Waals surface area contributed by atoms with Crippen molar-refractivity contribution in [1.82, 2.24) is 34.2 Å². The molecule has 234 valence electrons. The Morgan fingerprint density at radius 1 is 1.27 bits per heavy atom. The van der Waals surface area contributed by atoms with Gasteiger partial charge < -0.3 is 25.6 Å². The number of nitrogens with zero attached hydrogens (tertiary/aromatic N) is 7. The Bertz CT molecular complexity index is 1600. The molecule has 44 heavy (non-hydrogen) atoms. The molecule has 0 radical (unpaired) electrons. The lowest BCUT2D eigenvalue weighted by Gasteiger charge is -2.36. The van der Waals surface area contributed by atoms with Crippen LogP contribution in [0.3, 0.4) is 0 Å². The molecule has 1 aliphatic rings. The monoisotopic (exact) mass is 627 g/mol. The lowest BCUT2D eigenvalue weighted by molar-refractivity contribution is -0.133. The Balaban J connectivity index is 1.41. The van der Waals surface area contributed by atoms with Gasteiger partial charge in [-0.2, -0.15) is 19.0 Å². The molecule has 3 N–H and O–H groups in total. The third-order valence-electron chi connectivity index (χ3n) is 7.64. The van der Waals surface area contributed by atoms with Crippen LogP contribution in [0.1, 0.15) is 29.6 Å². The lowest BCUT2D eigenvalue weighted by atomic mass is 10.0. The number of piperidine rings is 1. The number of rotatable bonds is 12. The summed E-state index contributed by atoms with van der Waals surface area (Å²) in [6.45, 7) is -0.389. The molecule has 3 aromatic heterocycles. The molecule has 0 bridgehead atoms. The fraction of sp³-hybridized carbons (Fsp3) is 0.414. The number of aromatic nitrogens is 5. The van der Waals surface area contributed by atoms with Gasteiger partial charge in [0.25, 0.3) is 5.91 Å². The third-order valence-corrected chi connectivity index (χ3v) is 8.37. The minimum absolute atomic E-state index is 0.0952. The molecule has 0 unspecified atom stereocenters. The highest BCUT2D eigenvalue weighted by Gasteiger charge is 2.27. The van der Waals surface area contributed by atoms with Crippen LogP contribution in [-0.4, -0.2) is 98.1 Å². The highest BCUT2D eigenvalue weighted by Crippen LogP contribution is 2.38. The standard InChI is InChI=1S/C29H35F2N9O3S/c1-37(11-3-9-32)19-7-13-38(14-8-19)25(41)18-39-17-23(35-28(42)22-16-34-40-12-4-10-33-27(22)40)26(36-39)21-15-20(44-2)5-6-24(21)43-29(30)31/h4-6,10,12,15-17,19,29H,3,7-9,11,13-14,18,32H2,1-2H3,(H,35,42). The van der Waals surface area contributed by atoms with Crippen LogP contribution in [0.5, 0.6) is 5.75 Å². The van der Waals surface area contributed by atoms with Gasteiger partial charge in [0, 0.05) is 48.2 Å². The molecule has 12 nitrogen and oxygen atoms in total. The number of nitrogens with one attached hydrogen (secondary N) is 1. The molecule has 5 rings (SSSR count). The first-order chi connectivity index (χ1) is 21.3. The molecular formula is C29H35F2N9O3S. The maximum Gasteiger partial charge on any atom is 0.387 e. The number of benzene rings is 1. The minimum Gasteiger partial charge on any atom is -0.434 e. The summed E-state index contributed by atoms with van der Waals surface area (Å²) in [5.41, 5.74) is 6.85. The molecule has 0 aliphatic carbocycles. The fourth-order valence-electron chi connectivity index (χ4n) is 5.31. The second-order valence-electron chi connectivity index (χ2n) is 10.5. The van der Waals surface area contributed by atoms with E-state index >= 15 is 0 Å². The van der Waals surface area contributed by atoms with Crippen molar-refractivity contribution >= 4 is 34.9 Å². The first kappa shape index (κ1) is 31.3. The van der Waals surface area contributed by atoms with Gasteiger partial charge in [0.1, 0.15) is 23.6 Å². The first-order valence-corrected chi connectivity index (χ1v) is 15.5. The second-order valence-corrected chi connectivity index (χ2v) is 11.3. The Morgan fingerprint density at radius 2 is 2.07 bits per heavy atom. The number of hydrogen-bond acceptors (Lipinski definition) is 9. The summed E-state index contributed by atoms with van der Waals surface area (Å²) < 4.78 is 34.4. The van der Waals surface area contributed by atoms with E-state index in [1.807, 2.05) is 6.26 Å². The van der Waals surface area contributed by atoms with Gasteiger partial charge in [-0.3, -0.25) is 14.3 Å². The highest BCUT2D eigenvalue weighted by molar-refractivity contribution is 7.98. The Morgan fingerprint density at radius 3 is 2.80 bits per heavy atom. The Kier molecular flexibility index (Phi) is 10.1. The smallest absolute Gasteiger partial charge is 0.387 e. The maximum absolute atomic E-state index is 13.4. The molecule has 1 saturated heterocycles. The van der Waals surface area contributed by atoms with Crippen LogP contribution in [0, 0.1) is 0 Å². The van der Waals surface area contributed by atoms with Crippen LogP contribution in [0.25, 0.3) is 16.9 Å². The number of ether oxygens (including phenoxy) is 1. The number of fused-ring (bicyclic) bond motifs is 1. The van der Waals surface area contributed by atoms with E-state index in [-0.39, 0.29) is 40.7 Å². The largest absolute Gasteiger partial charge is 0.434 e. The summed E-state index contributed by atoms with van der Waals surface area (Å²) in [7, 11) is 2.08. The quantitative estimate of drug-likeness (QED) is 0.227. The first-order valence-electron chi connectivity index (χ1n) is 14.3. The third kappa shape index (κ3) is 7.17. The average Bonchev–Trinajstić information content (AvgIpc) is 3.63. The number of nitrogens with two attached hydrogens (primary N) is 1. The SMILES string of the molecule is CSc1ccc(OC(F)F)c(-c2nn(CC(=O)N3CCC(N(C)CCCN)CC3)cc2NC(=O)c2cnn3cccnc23)c1. The van der Waals surface area contributed by atoms with Crippen molar-refractivity contribution in [3.63, 3.8) is 0 Å². The van der Waals surface area contributed by atoms with Gasteiger partial charge in [-0.15, -0.1) is 11.8 Å². The Labute approximate surface area is 257 Å². The van der Waals surface area contributed by atoms with E-state index in [1.165, 1.54) is 39.4 Å². The predicted molar refractivity (Wildman–Crippen MR) is 163 cm³/mol. The van der Waals surface area contributed by atoms with Crippen molar-refractivity contribution < 1.29 is 23.1 Å². The molecule has 4 heterocycles. The van der Waals surface area contributed by atoms with Crippen LogP contribution >= 0.6 is 11.8 Å². The van der Waals surface area contributed by atoms with Crippen molar-refractivity contribution in [1.29, 1.82) is 0 Å². The summed E-state index contributed by atoms with van der Waals surface area (Å²) in [5, 5.41) is 11.6. The molecule has 0 spiro atoms. The van der Waals surface area contributed by atoms with E-state index in [2.05, 4.69) is 32.4 Å². The number of anilines is 1. The van der Waals surface area contributed by atoms with Gasteiger partial charge in [-0.05, 0) is 69.9 Å². The maximum atomic E-state index is 13.4. The topological polar surface area (TPSA) is 136 Å². The number of carbonyl (C=O) groups is 2. The summed E-state index contributed by atoms with van der Waals surface area (Å²) in [6, 6.07) is 6.83. The average molecular weight is 628 g/mol. The van der Waals surface area contributed by atoms with Gasteiger partial charge in [-0.25, -0.2) is 9.50 Å². The zero-order valence-corrected chi connectivity index (χ0v) is 25.3. The number of halogens is 2. The van der Waals surface area contributed by atoms with Gasteiger partial charge in [0.2, 0.25) is 5.91 Å². The molecule has 0 atom stereocenters. The van der Waals surface area contributed by atoms with E-state index in [0.717, 1.165) is 30.7 Å². The van der Waals surface area contributed by atoms with Crippen molar-refractivity contribution in [3.05, 3.63) is 54.6 Å². The number of carbonyl (C=O) groups excluding carboxylic acids is 2. The molecule has 2 amide bonds. The zero-order valence-electron chi connectivity index (χ0n) is 24.5. The molecule has 4 aromatic rings. The fourth-order valence-corrected chi connectivity index (χ4v) is 5.75. The van der Waals surface area contributed by atoms with E-state index in [9.17, 15) is 18.4 Å². The van der Waals surface area contributed by atoms with E-state index in [4.69, 9.17) is 10.5 Å². The van der Waals surface area contributed by atoms with E-state index in [0.29, 0.717) is 31.3 Å². The number of amides is 2. The molecule has 0 saturated carbocycles. The number of hydrogen-bond donors (Lipinski definition) is 2. The molecule has 15 heteroatoms. The molecule has 1 aliphatic heterocycles. The normalized spacial score (nSPS) is 14.1. The van der Waals surface area contributed by atoms with Gasteiger partial charge in [0.15, 0.2) is 5.65 Å². The van der Waals surface area contributed by atoms with Crippen LogP contribution < -0.4 is 15.8 Å². The van der Waals surface area contributed by atoms with Crippen molar-refractivity contribution in [3.8, 4) is 17.0 Å². The van der Waals surface area contributed by atoms with Crippen molar-refractivity contribution in [2.24, 2.45) is 5.73 Å². The van der Waals surface area contributed by atoms with Crippen LogP contribution in [0.4, 0.5) is 14.5 Å². The molecular weight excluding hydrogens is 592 g/mol.